The van der Waals surface area contributed by atoms with Gasteiger partial charge in [0.15, 0.2) is 11.7 Å². The normalized spacial score (nSPS) is 20.1. The van der Waals surface area contributed by atoms with Gasteiger partial charge in [0.25, 0.3) is 0 Å². The minimum absolute atomic E-state index is 0.276. The quantitative estimate of drug-likeness (QED) is 0.884. The number of aromatic amines is 1. The highest BCUT2D eigenvalue weighted by atomic mass is 15.3. The van der Waals surface area contributed by atoms with Crippen LogP contribution in [-0.4, -0.2) is 39.6 Å². The molecule has 0 amide bonds. The first kappa shape index (κ1) is 10.5. The standard InChI is InChI=1S/C14H13N5/c1-2-4-10(5-3-1)6-11-7-19-9-17-13-12(14(19)18-11)15-8-16-13/h1-5,8-9,11H,6-7H2,(H,15,16)/t11-/m1/s1. The summed E-state index contributed by atoms with van der Waals surface area (Å²) in [5.41, 5.74) is 2.25. The first-order valence-electron chi connectivity index (χ1n) is 6.36. The highest BCUT2D eigenvalue weighted by molar-refractivity contribution is 6.09. The van der Waals surface area contributed by atoms with E-state index in [0.717, 1.165) is 30.3 Å². The van der Waals surface area contributed by atoms with E-state index in [2.05, 4.69) is 44.1 Å². The van der Waals surface area contributed by atoms with Crippen LogP contribution < -0.4 is 0 Å². The van der Waals surface area contributed by atoms with Crippen LogP contribution in [0.25, 0.3) is 0 Å². The van der Waals surface area contributed by atoms with E-state index in [0.29, 0.717) is 0 Å². The van der Waals surface area contributed by atoms with Gasteiger partial charge in [-0.2, -0.15) is 0 Å². The Kier molecular flexibility index (Phi) is 2.24. The zero-order chi connectivity index (χ0) is 12.7. The number of hydrogen-bond donors (Lipinski definition) is 1. The molecule has 2 aliphatic rings. The lowest BCUT2D eigenvalue weighted by atomic mass is 10.1. The fourth-order valence-electron chi connectivity index (χ4n) is 2.58. The monoisotopic (exact) mass is 251 g/mol. The summed E-state index contributed by atoms with van der Waals surface area (Å²) in [5, 5.41) is 0. The maximum absolute atomic E-state index is 4.80. The lowest BCUT2D eigenvalue weighted by Crippen LogP contribution is -2.31. The van der Waals surface area contributed by atoms with Crippen LogP contribution in [0.1, 0.15) is 11.3 Å². The molecule has 19 heavy (non-hydrogen) atoms. The summed E-state index contributed by atoms with van der Waals surface area (Å²) in [4.78, 5) is 18.5. The summed E-state index contributed by atoms with van der Waals surface area (Å²) in [6.45, 7) is 0.881. The summed E-state index contributed by atoms with van der Waals surface area (Å²) >= 11 is 0. The average Bonchev–Trinajstić information content (AvgIpc) is 3.04. The molecule has 5 heteroatoms. The zero-order valence-electron chi connectivity index (χ0n) is 10.3. The number of benzene rings is 1. The molecule has 1 N–H and O–H groups in total. The molecular weight excluding hydrogens is 238 g/mol. The first-order valence-corrected chi connectivity index (χ1v) is 6.36. The average molecular weight is 251 g/mol. The van der Waals surface area contributed by atoms with Crippen molar-refractivity contribution in [3.63, 3.8) is 0 Å². The molecule has 5 nitrogen and oxygen atoms in total. The number of aromatic nitrogens is 2. The number of amidine groups is 1. The molecule has 0 fully saturated rings. The van der Waals surface area contributed by atoms with Gasteiger partial charge < -0.3 is 9.88 Å². The van der Waals surface area contributed by atoms with Crippen molar-refractivity contribution in [1.82, 2.24) is 14.9 Å². The number of hydrogen-bond acceptors (Lipinski definition) is 4. The fraction of sp³-hybridized carbons (Fsp3) is 0.214. The van der Waals surface area contributed by atoms with E-state index in [1.165, 1.54) is 5.56 Å². The summed E-state index contributed by atoms with van der Waals surface area (Å²) in [6, 6.07) is 10.7. The van der Waals surface area contributed by atoms with Gasteiger partial charge in [-0.25, -0.2) is 9.98 Å². The number of imidazole rings is 1. The molecule has 0 saturated heterocycles. The molecule has 2 aromatic rings. The molecule has 2 aliphatic heterocycles. The van der Waals surface area contributed by atoms with Gasteiger partial charge in [0.05, 0.1) is 18.7 Å². The smallest absolute Gasteiger partial charge is 0.182 e. The maximum atomic E-state index is 4.80. The Bertz CT molecular complexity index is 655. The second-order valence-electron chi connectivity index (χ2n) is 4.79. The number of nitrogens with zero attached hydrogens (tertiary/aromatic N) is 4. The number of nitrogens with one attached hydrogen (secondary N) is 1. The summed E-state index contributed by atoms with van der Waals surface area (Å²) in [7, 11) is 0. The van der Waals surface area contributed by atoms with Gasteiger partial charge in [0.2, 0.25) is 0 Å². The Morgan fingerprint density at radius 2 is 2.16 bits per heavy atom. The molecule has 3 heterocycles. The van der Waals surface area contributed by atoms with E-state index in [1.54, 1.807) is 6.33 Å². The summed E-state index contributed by atoms with van der Waals surface area (Å²) in [6.07, 6.45) is 4.45. The second kappa shape index (κ2) is 4.05. The topological polar surface area (TPSA) is 56.6 Å². The third-order valence-corrected chi connectivity index (χ3v) is 3.46. The van der Waals surface area contributed by atoms with Crippen molar-refractivity contribution in [2.75, 3.05) is 6.54 Å². The van der Waals surface area contributed by atoms with Crippen molar-refractivity contribution in [3.05, 3.63) is 47.9 Å². The minimum Gasteiger partial charge on any atom is -0.340 e. The third-order valence-electron chi connectivity index (χ3n) is 3.46. The van der Waals surface area contributed by atoms with Gasteiger partial charge in [-0.1, -0.05) is 30.3 Å². The molecule has 94 valence electrons. The summed E-state index contributed by atoms with van der Waals surface area (Å²) in [5.74, 6) is 1.69. The van der Waals surface area contributed by atoms with Gasteiger partial charge in [-0.05, 0) is 12.0 Å². The van der Waals surface area contributed by atoms with Gasteiger partial charge in [-0.15, -0.1) is 0 Å². The van der Waals surface area contributed by atoms with E-state index in [-0.39, 0.29) is 6.04 Å². The lowest BCUT2D eigenvalue weighted by molar-refractivity contribution is 0.577. The largest absolute Gasteiger partial charge is 0.340 e. The third kappa shape index (κ3) is 1.74. The van der Waals surface area contributed by atoms with Crippen molar-refractivity contribution in [3.8, 4) is 0 Å². The highest BCUT2D eigenvalue weighted by Gasteiger charge is 2.30. The predicted octanol–water partition coefficient (Wildman–Crippen LogP) is 1.76. The van der Waals surface area contributed by atoms with Crippen molar-refractivity contribution >= 4 is 18.0 Å². The predicted molar refractivity (Wildman–Crippen MR) is 73.9 cm³/mol. The van der Waals surface area contributed by atoms with Gasteiger partial charge in [0, 0.05) is 6.54 Å². The fourth-order valence-corrected chi connectivity index (χ4v) is 2.58. The van der Waals surface area contributed by atoms with Crippen LogP contribution in [0.5, 0.6) is 0 Å². The van der Waals surface area contributed by atoms with Crippen LogP contribution in [0.2, 0.25) is 0 Å². The Hall–Kier alpha value is -2.43. The van der Waals surface area contributed by atoms with Crippen LogP contribution >= 0.6 is 0 Å². The van der Waals surface area contributed by atoms with Crippen LogP contribution in [0.15, 0.2) is 46.6 Å². The van der Waals surface area contributed by atoms with Gasteiger partial charge >= 0.3 is 0 Å². The van der Waals surface area contributed by atoms with Crippen LogP contribution in [0.4, 0.5) is 5.82 Å². The van der Waals surface area contributed by atoms with E-state index in [9.17, 15) is 0 Å². The minimum atomic E-state index is 0.276. The Balaban J connectivity index is 1.62. The van der Waals surface area contributed by atoms with E-state index in [4.69, 9.17) is 4.99 Å². The number of fused-ring (bicyclic) bond motifs is 3. The number of H-pyrrole nitrogens is 1. The van der Waals surface area contributed by atoms with Crippen molar-refractivity contribution in [1.29, 1.82) is 0 Å². The number of aliphatic imine (C=N–C) groups is 2. The molecule has 1 aromatic heterocycles. The van der Waals surface area contributed by atoms with Crippen molar-refractivity contribution in [2.45, 2.75) is 12.5 Å². The molecule has 0 spiro atoms. The van der Waals surface area contributed by atoms with Crippen LogP contribution in [-0.2, 0) is 6.42 Å². The SMILES string of the molecule is C1=Nc2nc[nH]c2C2=N[C@H](Cc3ccccc3)CN12. The lowest BCUT2D eigenvalue weighted by Gasteiger charge is -2.17. The molecule has 1 atom stereocenters. The summed E-state index contributed by atoms with van der Waals surface area (Å²) < 4.78 is 0. The van der Waals surface area contributed by atoms with Crippen molar-refractivity contribution in [2.24, 2.45) is 9.98 Å². The van der Waals surface area contributed by atoms with Gasteiger partial charge in [-0.3, -0.25) is 4.99 Å². The molecular formula is C14H13N5. The molecule has 1 aromatic carbocycles. The van der Waals surface area contributed by atoms with Gasteiger partial charge in [0.1, 0.15) is 5.69 Å². The zero-order valence-corrected chi connectivity index (χ0v) is 10.3. The molecule has 0 bridgehead atoms. The Labute approximate surface area is 110 Å². The molecule has 0 aliphatic carbocycles. The number of rotatable bonds is 2. The van der Waals surface area contributed by atoms with E-state index < -0.39 is 0 Å². The molecule has 0 unspecified atom stereocenters. The van der Waals surface area contributed by atoms with E-state index >= 15 is 0 Å². The van der Waals surface area contributed by atoms with Crippen LogP contribution in [0.3, 0.4) is 0 Å². The second-order valence-corrected chi connectivity index (χ2v) is 4.79. The molecule has 0 saturated carbocycles. The first-order chi connectivity index (χ1) is 9.40. The maximum Gasteiger partial charge on any atom is 0.182 e. The molecule has 4 rings (SSSR count). The Morgan fingerprint density at radius 3 is 3.05 bits per heavy atom. The molecule has 0 radical (unpaired) electrons. The van der Waals surface area contributed by atoms with Crippen LogP contribution in [0, 0.1) is 0 Å². The van der Waals surface area contributed by atoms with E-state index in [1.807, 2.05) is 12.4 Å². The van der Waals surface area contributed by atoms with Crippen molar-refractivity contribution < 1.29 is 0 Å². The Morgan fingerprint density at radius 1 is 1.26 bits per heavy atom. The highest BCUT2D eigenvalue weighted by Crippen LogP contribution is 2.25.